The van der Waals surface area contributed by atoms with Crippen LogP contribution in [0.4, 0.5) is 0 Å². The Labute approximate surface area is 167 Å². The number of amides is 2. The van der Waals surface area contributed by atoms with Gasteiger partial charge in [0.1, 0.15) is 18.1 Å². The van der Waals surface area contributed by atoms with E-state index >= 15 is 0 Å². The average molecular weight is 419 g/mol. The normalized spacial score (nSPS) is 35.3. The summed E-state index contributed by atoms with van der Waals surface area (Å²) in [7, 11) is 0. The average Bonchev–Trinajstić information content (AvgIpc) is 3.39. The second-order valence-corrected chi connectivity index (χ2v) is 7.43. The molecular weight excluding hydrogens is 390 g/mol. The van der Waals surface area contributed by atoms with Gasteiger partial charge in [-0.2, -0.15) is 0 Å². The molecule has 12 nitrogen and oxygen atoms in total. The lowest BCUT2D eigenvalue weighted by Gasteiger charge is -2.38. The van der Waals surface area contributed by atoms with E-state index in [-0.39, 0.29) is 38.1 Å². The van der Waals surface area contributed by atoms with Crippen molar-refractivity contribution < 1.29 is 45.0 Å². The Kier molecular flexibility index (Phi) is 8.31. The molecule has 0 saturated carbocycles. The second kappa shape index (κ2) is 10.3. The van der Waals surface area contributed by atoms with Gasteiger partial charge in [-0.15, -0.1) is 0 Å². The predicted molar refractivity (Wildman–Crippen MR) is 96.5 cm³/mol. The van der Waals surface area contributed by atoms with Crippen LogP contribution in [-0.4, -0.2) is 128 Å². The summed E-state index contributed by atoms with van der Waals surface area (Å²) in [6.45, 7) is 0.641. The minimum absolute atomic E-state index is 0.125. The molecule has 29 heavy (non-hydrogen) atoms. The highest BCUT2D eigenvalue weighted by Crippen LogP contribution is 2.32. The molecule has 166 valence electrons. The molecule has 4 aliphatic heterocycles. The molecule has 0 unspecified atom stereocenters. The number of carbonyl (C=O) groups excluding carboxylic acids is 2. The van der Waals surface area contributed by atoms with E-state index in [1.54, 1.807) is 0 Å². The molecule has 0 aromatic heterocycles. The minimum atomic E-state index is -0.883. The van der Waals surface area contributed by atoms with Gasteiger partial charge < -0.3 is 45.8 Å². The van der Waals surface area contributed by atoms with Crippen LogP contribution < -0.4 is 5.32 Å². The summed E-state index contributed by atoms with van der Waals surface area (Å²) in [5.41, 5.74) is 0. The molecular formula is C17H29N3O9. The number of rotatable bonds is 2. The third-order valence-corrected chi connectivity index (χ3v) is 5.20. The van der Waals surface area contributed by atoms with Gasteiger partial charge in [0.25, 0.3) is 0 Å². The third-order valence-electron chi connectivity index (χ3n) is 5.20. The molecule has 7 N–H and O–H groups in total. The molecule has 4 fully saturated rings. The first-order chi connectivity index (χ1) is 13.7. The summed E-state index contributed by atoms with van der Waals surface area (Å²) in [4.78, 5) is 37.2. The highest BCUT2D eigenvalue weighted by Gasteiger charge is 2.53. The fourth-order valence-corrected chi connectivity index (χ4v) is 3.87. The Morgan fingerprint density at radius 2 is 1.31 bits per heavy atom. The molecule has 4 saturated heterocycles. The molecule has 4 aliphatic rings. The Morgan fingerprint density at radius 3 is 1.59 bits per heavy atom. The zero-order valence-electron chi connectivity index (χ0n) is 15.9. The highest BCUT2D eigenvalue weighted by atomic mass is 16.4. The van der Waals surface area contributed by atoms with Crippen molar-refractivity contribution in [2.75, 3.05) is 32.8 Å². The van der Waals surface area contributed by atoms with Crippen LogP contribution in [0.1, 0.15) is 19.3 Å². The smallest absolute Gasteiger partial charge is 0.320 e. The number of aliphatic carboxylic acids is 1. The van der Waals surface area contributed by atoms with Crippen LogP contribution in [0.15, 0.2) is 0 Å². The number of aliphatic hydroxyl groups excluding tert-OH is 5. The van der Waals surface area contributed by atoms with Gasteiger partial charge in [0.2, 0.25) is 11.8 Å². The van der Waals surface area contributed by atoms with Gasteiger partial charge in [-0.3, -0.25) is 14.4 Å². The molecule has 0 aliphatic carbocycles. The quantitative estimate of drug-likeness (QED) is 0.230. The third kappa shape index (κ3) is 5.62. The number of aliphatic hydroxyl groups is 5. The van der Waals surface area contributed by atoms with E-state index in [9.17, 15) is 24.6 Å². The maximum absolute atomic E-state index is 12.0. The maximum atomic E-state index is 12.0. The molecule has 0 spiro atoms. The van der Waals surface area contributed by atoms with E-state index in [1.807, 2.05) is 0 Å². The molecule has 0 aromatic rings. The van der Waals surface area contributed by atoms with E-state index in [2.05, 4.69) is 5.32 Å². The maximum Gasteiger partial charge on any atom is 0.320 e. The van der Waals surface area contributed by atoms with Crippen LogP contribution in [0, 0.1) is 0 Å². The summed E-state index contributed by atoms with van der Waals surface area (Å²) < 4.78 is 0. The predicted octanol–water partition coefficient (Wildman–Crippen LogP) is -4.31. The molecule has 4 rings (SSSR count). The standard InChI is InChI=1S/C10H14N2O4.C5H9NO3.C2H6O2/c13-5-1-7-9(15)12-4-6(14)2-8(12)10(16)11(7)3-5;7-3-1-4(5(8)9)6-2-3;3-1-2-4/h5-8,13-14H,1-4H2;3-4,6-7H,1-2H2,(H,8,9);3-4H,1-2H2/t5-,6-,7+,8+;3-,4+;/m11./s1. The molecule has 2 amide bonds. The Bertz CT molecular complexity index is 541. The first kappa shape index (κ1) is 23.4. The van der Waals surface area contributed by atoms with Crippen molar-refractivity contribution >= 4 is 17.8 Å². The van der Waals surface area contributed by atoms with Gasteiger partial charge in [-0.05, 0) is 0 Å². The van der Waals surface area contributed by atoms with Gasteiger partial charge in [0.05, 0.1) is 31.5 Å². The fraction of sp³-hybridized carbons (Fsp3) is 0.824. The number of carboxylic acid groups (broad SMARTS) is 1. The van der Waals surface area contributed by atoms with Crippen molar-refractivity contribution in [3.8, 4) is 0 Å². The van der Waals surface area contributed by atoms with Gasteiger partial charge in [0.15, 0.2) is 0 Å². The number of hydrogen-bond donors (Lipinski definition) is 7. The lowest BCUT2D eigenvalue weighted by atomic mass is 10.1. The molecule has 4 heterocycles. The van der Waals surface area contributed by atoms with Crippen molar-refractivity contribution in [2.45, 2.75) is 55.7 Å². The molecule has 0 bridgehead atoms. The van der Waals surface area contributed by atoms with Crippen molar-refractivity contribution in [2.24, 2.45) is 0 Å². The topological polar surface area (TPSA) is 191 Å². The van der Waals surface area contributed by atoms with E-state index < -0.39 is 42.4 Å². The number of nitrogens with zero attached hydrogens (tertiary/aromatic N) is 2. The summed E-state index contributed by atoms with van der Waals surface area (Å²) in [6.07, 6.45) is -0.694. The monoisotopic (exact) mass is 419 g/mol. The first-order valence-electron chi connectivity index (χ1n) is 9.52. The lowest BCUT2D eigenvalue weighted by molar-refractivity contribution is -0.157. The van der Waals surface area contributed by atoms with Crippen LogP contribution in [0.3, 0.4) is 0 Å². The van der Waals surface area contributed by atoms with E-state index in [0.29, 0.717) is 25.8 Å². The molecule has 0 radical (unpaired) electrons. The largest absolute Gasteiger partial charge is 0.480 e. The highest BCUT2D eigenvalue weighted by molar-refractivity contribution is 5.98. The van der Waals surface area contributed by atoms with Crippen molar-refractivity contribution in [1.82, 2.24) is 15.1 Å². The number of hydrogen-bond acceptors (Lipinski definition) is 9. The van der Waals surface area contributed by atoms with Gasteiger partial charge in [-0.1, -0.05) is 0 Å². The van der Waals surface area contributed by atoms with E-state index in [1.165, 1.54) is 9.80 Å². The van der Waals surface area contributed by atoms with Crippen LogP contribution in [-0.2, 0) is 14.4 Å². The first-order valence-corrected chi connectivity index (χ1v) is 9.52. The zero-order chi connectivity index (χ0) is 21.7. The van der Waals surface area contributed by atoms with Gasteiger partial charge in [-0.25, -0.2) is 0 Å². The number of β-amino-alcohol motifs (C(OH)–C–C–N with tert-alkyl or cyclic N) is 1. The summed E-state index contributed by atoms with van der Waals surface area (Å²) in [6, 6.07) is -1.56. The minimum Gasteiger partial charge on any atom is -0.480 e. The van der Waals surface area contributed by atoms with Crippen LogP contribution >= 0.6 is 0 Å². The Hall–Kier alpha value is -1.83. The van der Waals surface area contributed by atoms with Gasteiger partial charge in [0, 0.05) is 38.9 Å². The van der Waals surface area contributed by atoms with Crippen molar-refractivity contribution in [3.63, 3.8) is 0 Å². The summed E-state index contributed by atoms with van der Waals surface area (Å²) in [5, 5.41) is 54.1. The van der Waals surface area contributed by atoms with Crippen molar-refractivity contribution in [3.05, 3.63) is 0 Å². The molecule has 12 heteroatoms. The van der Waals surface area contributed by atoms with Crippen LogP contribution in [0.5, 0.6) is 0 Å². The second-order valence-electron chi connectivity index (χ2n) is 7.43. The van der Waals surface area contributed by atoms with E-state index in [4.69, 9.17) is 20.4 Å². The molecule has 0 aromatic carbocycles. The fourth-order valence-electron chi connectivity index (χ4n) is 3.87. The number of carbonyl (C=O) groups is 3. The number of nitrogens with one attached hydrogen (secondary N) is 1. The molecule has 6 atom stereocenters. The van der Waals surface area contributed by atoms with Crippen LogP contribution in [0.25, 0.3) is 0 Å². The summed E-state index contributed by atoms with van der Waals surface area (Å²) >= 11 is 0. The SMILES string of the molecule is O=C(O)[C@@H]1C[C@@H](O)CN1.O=C1[C@@H]2C[C@@H](O)CN2C(=O)[C@@H]2C[C@@H](O)CN12.OCCO. The van der Waals surface area contributed by atoms with Gasteiger partial charge >= 0.3 is 5.97 Å². The zero-order valence-corrected chi connectivity index (χ0v) is 15.9. The Balaban J connectivity index is 0.000000195. The summed E-state index contributed by atoms with van der Waals surface area (Å²) in [5.74, 6) is -1.14. The van der Waals surface area contributed by atoms with Crippen LogP contribution in [0.2, 0.25) is 0 Å². The number of carboxylic acids is 1. The Morgan fingerprint density at radius 1 is 0.862 bits per heavy atom. The number of fused-ring (bicyclic) bond motifs is 2. The lowest BCUT2D eigenvalue weighted by Crippen LogP contribution is -2.60. The van der Waals surface area contributed by atoms with E-state index in [0.717, 1.165) is 0 Å². The van der Waals surface area contributed by atoms with Crippen molar-refractivity contribution in [1.29, 1.82) is 0 Å². The number of piperazine rings is 1.